The van der Waals surface area contributed by atoms with Gasteiger partial charge in [0.1, 0.15) is 17.7 Å². The van der Waals surface area contributed by atoms with Crippen LogP contribution in [0.25, 0.3) is 0 Å². The number of hydrogen-bond donors (Lipinski definition) is 1. The molecule has 1 heterocycles. The molecule has 0 aromatic heterocycles. The van der Waals surface area contributed by atoms with Gasteiger partial charge in [0, 0.05) is 6.61 Å². The van der Waals surface area contributed by atoms with Gasteiger partial charge in [-0.25, -0.2) is 8.78 Å². The van der Waals surface area contributed by atoms with Crippen molar-refractivity contribution < 1.29 is 18.6 Å². The molecule has 3 atom stereocenters. The van der Waals surface area contributed by atoms with Gasteiger partial charge in [-0.1, -0.05) is 13.0 Å². The molecule has 1 aromatic carbocycles. The Morgan fingerprint density at radius 2 is 2.12 bits per heavy atom. The van der Waals surface area contributed by atoms with Gasteiger partial charge in [0.2, 0.25) is 0 Å². The van der Waals surface area contributed by atoms with Crippen molar-refractivity contribution in [2.45, 2.75) is 32.5 Å². The summed E-state index contributed by atoms with van der Waals surface area (Å²) < 4.78 is 32.8. The summed E-state index contributed by atoms with van der Waals surface area (Å²) in [5.41, 5.74) is 0.0508. The van der Waals surface area contributed by atoms with E-state index in [1.54, 1.807) is 6.92 Å². The molecule has 1 aliphatic rings. The maximum absolute atomic E-state index is 13.8. The van der Waals surface area contributed by atoms with Gasteiger partial charge in [0.15, 0.2) is 0 Å². The standard InChI is InChI=1S/C13H16F2O2/c1-7-3-4-9(14)10(11(7)15)12(16)13-8(2)5-6-17-13/h3-4,8,12-13,16H,5-6H2,1-2H3. The molecule has 4 heteroatoms. The SMILES string of the molecule is Cc1ccc(F)c(C(O)C2OCCC2C)c1F. The number of aliphatic hydroxyl groups is 1. The van der Waals surface area contributed by atoms with Crippen LogP contribution in [0.5, 0.6) is 0 Å². The van der Waals surface area contributed by atoms with E-state index in [4.69, 9.17) is 4.74 Å². The molecule has 3 unspecified atom stereocenters. The highest BCUT2D eigenvalue weighted by Crippen LogP contribution is 2.34. The van der Waals surface area contributed by atoms with Crippen LogP contribution in [-0.4, -0.2) is 17.8 Å². The zero-order valence-electron chi connectivity index (χ0n) is 9.91. The predicted octanol–water partition coefficient (Wildman–Crippen LogP) is 2.73. The predicted molar refractivity (Wildman–Crippen MR) is 59.6 cm³/mol. The quantitative estimate of drug-likeness (QED) is 0.864. The van der Waals surface area contributed by atoms with Crippen LogP contribution in [0.15, 0.2) is 12.1 Å². The summed E-state index contributed by atoms with van der Waals surface area (Å²) >= 11 is 0. The van der Waals surface area contributed by atoms with E-state index in [9.17, 15) is 13.9 Å². The number of rotatable bonds is 2. The molecular formula is C13H16F2O2. The van der Waals surface area contributed by atoms with Crippen LogP contribution in [0.4, 0.5) is 8.78 Å². The van der Waals surface area contributed by atoms with E-state index in [1.807, 2.05) is 6.92 Å². The first-order valence-corrected chi connectivity index (χ1v) is 5.76. The van der Waals surface area contributed by atoms with Crippen molar-refractivity contribution in [2.75, 3.05) is 6.61 Å². The maximum Gasteiger partial charge on any atom is 0.134 e. The van der Waals surface area contributed by atoms with Gasteiger partial charge in [-0.15, -0.1) is 0 Å². The second-order valence-electron chi connectivity index (χ2n) is 4.64. The van der Waals surface area contributed by atoms with Crippen LogP contribution < -0.4 is 0 Å². The zero-order valence-corrected chi connectivity index (χ0v) is 9.91. The minimum atomic E-state index is -1.24. The van der Waals surface area contributed by atoms with Crippen LogP contribution in [0.3, 0.4) is 0 Å². The van der Waals surface area contributed by atoms with E-state index in [1.165, 1.54) is 12.1 Å². The van der Waals surface area contributed by atoms with Crippen molar-refractivity contribution in [1.29, 1.82) is 0 Å². The van der Waals surface area contributed by atoms with Gasteiger partial charge < -0.3 is 9.84 Å². The first-order valence-electron chi connectivity index (χ1n) is 5.76. The number of hydrogen-bond acceptors (Lipinski definition) is 2. The first kappa shape index (κ1) is 12.5. The number of aliphatic hydroxyl groups excluding tert-OH is 1. The van der Waals surface area contributed by atoms with Crippen LogP contribution in [0.2, 0.25) is 0 Å². The van der Waals surface area contributed by atoms with E-state index in [-0.39, 0.29) is 11.5 Å². The maximum atomic E-state index is 13.8. The number of benzene rings is 1. The molecule has 1 fully saturated rings. The van der Waals surface area contributed by atoms with Crippen molar-refractivity contribution >= 4 is 0 Å². The molecule has 0 radical (unpaired) electrons. The number of aryl methyl sites for hydroxylation is 1. The molecule has 2 rings (SSSR count). The zero-order chi connectivity index (χ0) is 12.6. The van der Waals surface area contributed by atoms with Crippen LogP contribution >= 0.6 is 0 Å². The summed E-state index contributed by atoms with van der Waals surface area (Å²) in [6, 6.07) is 2.54. The Labute approximate surface area is 99.2 Å². The van der Waals surface area contributed by atoms with Crippen molar-refractivity contribution in [3.8, 4) is 0 Å². The largest absolute Gasteiger partial charge is 0.385 e. The lowest BCUT2D eigenvalue weighted by Gasteiger charge is -2.22. The number of halogens is 2. The second kappa shape index (κ2) is 4.70. The average Bonchev–Trinajstić information content (AvgIpc) is 2.70. The monoisotopic (exact) mass is 242 g/mol. The fourth-order valence-corrected chi connectivity index (χ4v) is 2.23. The van der Waals surface area contributed by atoms with Gasteiger partial charge in [0.05, 0.1) is 11.7 Å². The van der Waals surface area contributed by atoms with E-state index in [0.717, 1.165) is 6.42 Å². The summed E-state index contributed by atoms with van der Waals surface area (Å²) in [7, 11) is 0. The van der Waals surface area contributed by atoms with Crippen molar-refractivity contribution in [3.63, 3.8) is 0 Å². The summed E-state index contributed by atoms with van der Waals surface area (Å²) in [5, 5.41) is 10.1. The molecule has 2 nitrogen and oxygen atoms in total. The molecule has 0 aliphatic carbocycles. The van der Waals surface area contributed by atoms with Gasteiger partial charge in [-0.05, 0) is 30.9 Å². The summed E-state index contributed by atoms with van der Waals surface area (Å²) in [6.45, 7) is 3.98. The molecule has 94 valence electrons. The highest BCUT2D eigenvalue weighted by Gasteiger charge is 2.35. The highest BCUT2D eigenvalue weighted by atomic mass is 19.1. The smallest absolute Gasteiger partial charge is 0.134 e. The van der Waals surface area contributed by atoms with Crippen molar-refractivity contribution in [2.24, 2.45) is 5.92 Å². The molecule has 0 amide bonds. The normalized spacial score (nSPS) is 26.2. The molecule has 0 spiro atoms. The summed E-state index contributed by atoms with van der Waals surface area (Å²) in [5.74, 6) is -1.30. The lowest BCUT2D eigenvalue weighted by Crippen LogP contribution is -2.25. The number of ether oxygens (including phenoxy) is 1. The minimum absolute atomic E-state index is 0.101. The molecule has 1 N–H and O–H groups in total. The van der Waals surface area contributed by atoms with Crippen molar-refractivity contribution in [1.82, 2.24) is 0 Å². The van der Waals surface area contributed by atoms with Crippen LogP contribution in [-0.2, 0) is 4.74 Å². The molecule has 1 aliphatic heterocycles. The third-order valence-electron chi connectivity index (χ3n) is 3.37. The van der Waals surface area contributed by atoms with E-state index in [2.05, 4.69) is 0 Å². The molecular weight excluding hydrogens is 226 g/mol. The molecule has 1 saturated heterocycles. The van der Waals surface area contributed by atoms with Crippen molar-refractivity contribution in [3.05, 3.63) is 34.9 Å². The summed E-state index contributed by atoms with van der Waals surface area (Å²) in [4.78, 5) is 0. The van der Waals surface area contributed by atoms with E-state index < -0.39 is 23.8 Å². The fraction of sp³-hybridized carbons (Fsp3) is 0.538. The Morgan fingerprint density at radius 3 is 2.71 bits per heavy atom. The Morgan fingerprint density at radius 1 is 1.41 bits per heavy atom. The summed E-state index contributed by atoms with van der Waals surface area (Å²) in [6.07, 6.45) is -0.968. The van der Waals surface area contributed by atoms with Gasteiger partial charge in [-0.2, -0.15) is 0 Å². The average molecular weight is 242 g/mol. The molecule has 0 bridgehead atoms. The lowest BCUT2D eigenvalue weighted by molar-refractivity contribution is -0.0211. The fourth-order valence-electron chi connectivity index (χ4n) is 2.23. The topological polar surface area (TPSA) is 29.5 Å². The second-order valence-corrected chi connectivity index (χ2v) is 4.64. The van der Waals surface area contributed by atoms with Crippen LogP contribution in [0, 0.1) is 24.5 Å². The van der Waals surface area contributed by atoms with Gasteiger partial charge >= 0.3 is 0 Å². The lowest BCUT2D eigenvalue weighted by atomic mass is 9.93. The van der Waals surface area contributed by atoms with Gasteiger partial charge in [0.25, 0.3) is 0 Å². The van der Waals surface area contributed by atoms with Crippen LogP contribution in [0.1, 0.15) is 30.6 Å². The minimum Gasteiger partial charge on any atom is -0.385 e. The Bertz CT molecular complexity index is 420. The van der Waals surface area contributed by atoms with E-state index in [0.29, 0.717) is 12.2 Å². The third-order valence-corrected chi connectivity index (χ3v) is 3.37. The Balaban J connectivity index is 2.36. The van der Waals surface area contributed by atoms with E-state index >= 15 is 0 Å². The molecule has 1 aromatic rings. The Hall–Kier alpha value is -1.00. The Kier molecular flexibility index (Phi) is 3.45. The third kappa shape index (κ3) is 2.19. The first-order chi connectivity index (χ1) is 8.02. The molecule has 0 saturated carbocycles. The highest BCUT2D eigenvalue weighted by molar-refractivity contribution is 5.29. The molecule has 17 heavy (non-hydrogen) atoms. The van der Waals surface area contributed by atoms with Gasteiger partial charge in [-0.3, -0.25) is 0 Å².